The molecule has 0 aliphatic carbocycles. The molecule has 1 aliphatic rings. The summed E-state index contributed by atoms with van der Waals surface area (Å²) in [5.41, 5.74) is 8.56. The second kappa shape index (κ2) is 6.11. The monoisotopic (exact) mass is 314 g/mol. The highest BCUT2D eigenvalue weighted by Crippen LogP contribution is 2.41. The third-order valence-corrected chi connectivity index (χ3v) is 4.70. The van der Waals surface area contributed by atoms with E-state index in [0.717, 1.165) is 42.1 Å². The Balaban J connectivity index is 1.96. The predicted molar refractivity (Wildman–Crippen MR) is 92.2 cm³/mol. The Morgan fingerprint density at radius 3 is 2.48 bits per heavy atom. The lowest BCUT2D eigenvalue weighted by Gasteiger charge is -2.44. The summed E-state index contributed by atoms with van der Waals surface area (Å²) in [7, 11) is 0. The Kier molecular flexibility index (Phi) is 4.16. The van der Waals surface area contributed by atoms with E-state index >= 15 is 0 Å². The number of nitrogens with zero attached hydrogens (tertiary/aromatic N) is 1. The Morgan fingerprint density at radius 1 is 1.13 bits per heavy atom. The van der Waals surface area contributed by atoms with Gasteiger partial charge in [-0.3, -0.25) is 0 Å². The molecule has 4 heteroatoms. The summed E-state index contributed by atoms with van der Waals surface area (Å²) in [5, 5.41) is 0. The number of benzene rings is 2. The van der Waals surface area contributed by atoms with Crippen LogP contribution in [0.3, 0.4) is 0 Å². The van der Waals surface area contributed by atoms with Gasteiger partial charge in [0.2, 0.25) is 0 Å². The van der Waals surface area contributed by atoms with Gasteiger partial charge >= 0.3 is 0 Å². The third kappa shape index (κ3) is 3.11. The molecule has 3 rings (SSSR count). The van der Waals surface area contributed by atoms with E-state index in [2.05, 4.69) is 18.7 Å². The van der Waals surface area contributed by atoms with Crippen molar-refractivity contribution in [1.29, 1.82) is 0 Å². The number of rotatable bonds is 4. The van der Waals surface area contributed by atoms with Gasteiger partial charge in [-0.25, -0.2) is 4.39 Å². The van der Waals surface area contributed by atoms with E-state index in [-0.39, 0.29) is 11.4 Å². The summed E-state index contributed by atoms with van der Waals surface area (Å²) in [6.07, 6.45) is 1.88. The lowest BCUT2D eigenvalue weighted by molar-refractivity contribution is 0.0570. The number of halogens is 1. The first-order chi connectivity index (χ1) is 11.0. The van der Waals surface area contributed by atoms with Crippen LogP contribution >= 0.6 is 0 Å². The minimum Gasteiger partial charge on any atom is -0.483 e. The fourth-order valence-corrected chi connectivity index (χ4v) is 3.14. The van der Waals surface area contributed by atoms with Crippen LogP contribution in [0, 0.1) is 5.82 Å². The Labute approximate surface area is 136 Å². The van der Waals surface area contributed by atoms with E-state index in [9.17, 15) is 4.39 Å². The molecule has 0 spiro atoms. The Bertz CT molecular complexity index is 680. The molecule has 0 saturated heterocycles. The van der Waals surface area contributed by atoms with Gasteiger partial charge < -0.3 is 15.4 Å². The average Bonchev–Trinajstić information content (AvgIpc) is 2.57. The maximum atomic E-state index is 13.1. The molecule has 2 aromatic rings. The molecule has 0 radical (unpaired) electrons. The summed E-state index contributed by atoms with van der Waals surface area (Å²) in [5.74, 6) is 0.660. The number of nitrogen functional groups attached to an aromatic ring is 1. The van der Waals surface area contributed by atoms with E-state index < -0.39 is 0 Å². The fourth-order valence-electron chi connectivity index (χ4n) is 3.14. The predicted octanol–water partition coefficient (Wildman–Crippen LogP) is 4.37. The molecule has 2 N–H and O–H groups in total. The van der Waals surface area contributed by atoms with Gasteiger partial charge in [0.05, 0.1) is 12.2 Å². The summed E-state index contributed by atoms with van der Waals surface area (Å²) in [6, 6.07) is 12.4. The minimum absolute atomic E-state index is 0.191. The number of fused-ring (bicyclic) bond motifs is 1. The van der Waals surface area contributed by atoms with Crippen molar-refractivity contribution in [3.8, 4) is 5.75 Å². The first kappa shape index (κ1) is 15.7. The molecule has 1 aliphatic heterocycles. The van der Waals surface area contributed by atoms with Gasteiger partial charge in [0.25, 0.3) is 0 Å². The van der Waals surface area contributed by atoms with Crippen LogP contribution in [0.4, 0.5) is 15.8 Å². The molecule has 122 valence electrons. The van der Waals surface area contributed by atoms with Gasteiger partial charge in [0, 0.05) is 12.2 Å². The van der Waals surface area contributed by atoms with E-state index in [1.165, 1.54) is 12.1 Å². The van der Waals surface area contributed by atoms with Gasteiger partial charge in [-0.05, 0) is 48.7 Å². The Morgan fingerprint density at radius 2 is 1.83 bits per heavy atom. The highest BCUT2D eigenvalue weighted by molar-refractivity contribution is 5.66. The number of hydrogen-bond acceptors (Lipinski definition) is 3. The van der Waals surface area contributed by atoms with Gasteiger partial charge in [-0.1, -0.05) is 26.0 Å². The summed E-state index contributed by atoms with van der Waals surface area (Å²) >= 11 is 0. The molecule has 0 fully saturated rings. The number of hydrogen-bond donors (Lipinski definition) is 1. The quantitative estimate of drug-likeness (QED) is 0.852. The minimum atomic E-state index is -0.211. The largest absolute Gasteiger partial charge is 0.483 e. The molecular formula is C19H23FN2O. The SMILES string of the molecule is CCC1(CC)CN(Cc2ccc(F)cc2)c2cc(N)ccc2O1. The van der Waals surface area contributed by atoms with Crippen molar-refractivity contribution >= 4 is 11.4 Å². The van der Waals surface area contributed by atoms with Crippen LogP contribution in [0.5, 0.6) is 5.75 Å². The smallest absolute Gasteiger partial charge is 0.143 e. The lowest BCUT2D eigenvalue weighted by atomic mass is 9.93. The topological polar surface area (TPSA) is 38.5 Å². The van der Waals surface area contributed by atoms with Crippen molar-refractivity contribution in [2.45, 2.75) is 38.8 Å². The zero-order chi connectivity index (χ0) is 16.4. The second-order valence-electron chi connectivity index (χ2n) is 6.20. The van der Waals surface area contributed by atoms with Crippen molar-refractivity contribution in [3.05, 3.63) is 53.8 Å². The highest BCUT2D eigenvalue weighted by Gasteiger charge is 2.37. The van der Waals surface area contributed by atoms with Crippen LogP contribution in [-0.4, -0.2) is 12.1 Å². The zero-order valence-electron chi connectivity index (χ0n) is 13.7. The van der Waals surface area contributed by atoms with E-state index in [1.54, 1.807) is 0 Å². The van der Waals surface area contributed by atoms with Crippen LogP contribution in [0.2, 0.25) is 0 Å². The van der Waals surface area contributed by atoms with Gasteiger partial charge in [-0.2, -0.15) is 0 Å². The van der Waals surface area contributed by atoms with Crippen LogP contribution < -0.4 is 15.4 Å². The molecule has 0 aromatic heterocycles. The molecule has 2 aromatic carbocycles. The van der Waals surface area contributed by atoms with E-state index in [0.29, 0.717) is 6.54 Å². The number of anilines is 2. The molecule has 0 unspecified atom stereocenters. The van der Waals surface area contributed by atoms with Crippen molar-refractivity contribution in [1.82, 2.24) is 0 Å². The van der Waals surface area contributed by atoms with Crippen LogP contribution in [0.25, 0.3) is 0 Å². The number of ether oxygens (including phenoxy) is 1. The summed E-state index contributed by atoms with van der Waals surface area (Å²) < 4.78 is 19.4. The lowest BCUT2D eigenvalue weighted by Crippen LogP contribution is -2.50. The molecule has 0 atom stereocenters. The highest BCUT2D eigenvalue weighted by atomic mass is 19.1. The zero-order valence-corrected chi connectivity index (χ0v) is 13.7. The molecule has 3 nitrogen and oxygen atoms in total. The standard InChI is InChI=1S/C19H23FN2O/c1-3-19(4-2)13-22(12-14-5-7-15(20)8-6-14)17-11-16(21)9-10-18(17)23-19/h5-11H,3-4,12-13,21H2,1-2H3. The van der Waals surface area contributed by atoms with Gasteiger partial charge in [0.1, 0.15) is 17.2 Å². The third-order valence-electron chi connectivity index (χ3n) is 4.70. The molecule has 1 heterocycles. The van der Waals surface area contributed by atoms with Gasteiger partial charge in [0.15, 0.2) is 0 Å². The second-order valence-corrected chi connectivity index (χ2v) is 6.20. The molecule has 0 saturated carbocycles. The maximum Gasteiger partial charge on any atom is 0.143 e. The Hall–Kier alpha value is -2.23. The molecule has 0 bridgehead atoms. The van der Waals surface area contributed by atoms with Crippen LogP contribution in [0.15, 0.2) is 42.5 Å². The normalized spacial score (nSPS) is 15.9. The fraction of sp³-hybridized carbons (Fsp3) is 0.368. The van der Waals surface area contributed by atoms with Gasteiger partial charge in [-0.15, -0.1) is 0 Å². The molecular weight excluding hydrogens is 291 g/mol. The van der Waals surface area contributed by atoms with Crippen LogP contribution in [-0.2, 0) is 6.54 Å². The van der Waals surface area contributed by atoms with E-state index in [1.807, 2.05) is 30.3 Å². The van der Waals surface area contributed by atoms with Crippen molar-refractivity contribution in [2.75, 3.05) is 17.2 Å². The van der Waals surface area contributed by atoms with Crippen LogP contribution in [0.1, 0.15) is 32.3 Å². The summed E-state index contributed by atoms with van der Waals surface area (Å²) in [4.78, 5) is 2.29. The molecule has 0 amide bonds. The molecule has 23 heavy (non-hydrogen) atoms. The van der Waals surface area contributed by atoms with Crippen molar-refractivity contribution in [2.24, 2.45) is 0 Å². The van der Waals surface area contributed by atoms with E-state index in [4.69, 9.17) is 10.5 Å². The first-order valence-electron chi connectivity index (χ1n) is 8.13. The van der Waals surface area contributed by atoms with Crippen molar-refractivity contribution in [3.63, 3.8) is 0 Å². The maximum absolute atomic E-state index is 13.1. The van der Waals surface area contributed by atoms with Crippen molar-refractivity contribution < 1.29 is 9.13 Å². The first-order valence-corrected chi connectivity index (χ1v) is 8.13. The number of nitrogens with two attached hydrogens (primary N) is 1. The summed E-state index contributed by atoms with van der Waals surface area (Å²) in [6.45, 7) is 5.82. The average molecular weight is 314 g/mol.